The fourth-order valence-corrected chi connectivity index (χ4v) is 5.70. The third kappa shape index (κ3) is 4.84. The monoisotopic (exact) mass is 537 g/mol. The fraction of sp³-hybridized carbons (Fsp3) is 0.320. The van der Waals surface area contributed by atoms with Crippen molar-refractivity contribution in [2.24, 2.45) is 0 Å². The van der Waals surface area contributed by atoms with Gasteiger partial charge in [-0.15, -0.1) is 10.2 Å². The molecule has 2 aromatic carbocycles. The number of rotatable bonds is 7. The Balaban J connectivity index is 1.71. The van der Waals surface area contributed by atoms with Gasteiger partial charge in [0.1, 0.15) is 10.7 Å². The van der Waals surface area contributed by atoms with E-state index in [4.69, 9.17) is 11.6 Å². The van der Waals surface area contributed by atoms with Crippen LogP contribution in [0.5, 0.6) is 0 Å². The molecule has 1 heterocycles. The van der Waals surface area contributed by atoms with Gasteiger partial charge in [0.2, 0.25) is 9.84 Å². The maximum absolute atomic E-state index is 15.2. The molecular weight excluding hydrogens is 515 g/mol. The van der Waals surface area contributed by atoms with E-state index in [9.17, 15) is 22.0 Å². The van der Waals surface area contributed by atoms with Crippen molar-refractivity contribution in [3.8, 4) is 0 Å². The molecule has 1 saturated carbocycles. The summed E-state index contributed by atoms with van der Waals surface area (Å²) in [5, 5.41) is 8.11. The van der Waals surface area contributed by atoms with Crippen LogP contribution in [0, 0.1) is 26.6 Å². The summed E-state index contributed by atoms with van der Waals surface area (Å²) in [5.41, 5.74) is 0.473. The van der Waals surface area contributed by atoms with Gasteiger partial charge in [-0.25, -0.2) is 12.8 Å². The van der Waals surface area contributed by atoms with E-state index in [-0.39, 0.29) is 27.8 Å². The summed E-state index contributed by atoms with van der Waals surface area (Å²) < 4.78 is 71.9. The third-order valence-corrected chi connectivity index (χ3v) is 8.20. The molecule has 1 fully saturated rings. The summed E-state index contributed by atoms with van der Waals surface area (Å²) in [5.74, 6) is -5.60. The van der Waals surface area contributed by atoms with Crippen molar-refractivity contribution in [1.29, 1.82) is 0 Å². The van der Waals surface area contributed by atoms with Crippen LogP contribution in [0.25, 0.3) is 0 Å². The van der Waals surface area contributed by atoms with Crippen LogP contribution in [0.2, 0.25) is 5.15 Å². The van der Waals surface area contributed by atoms with E-state index in [1.54, 1.807) is 13.0 Å². The van der Waals surface area contributed by atoms with Crippen LogP contribution in [0.1, 0.15) is 56.9 Å². The second-order valence-corrected chi connectivity index (χ2v) is 11.1. The number of nitrogens with one attached hydrogen (secondary N) is 1. The number of aromatic nitrogens is 2. The molecule has 0 spiro atoms. The first-order chi connectivity index (χ1) is 16.8. The topological polar surface area (TPSA) is 89.0 Å². The third-order valence-electron chi connectivity index (χ3n) is 6.16. The second-order valence-electron chi connectivity index (χ2n) is 8.94. The van der Waals surface area contributed by atoms with E-state index in [1.807, 2.05) is 0 Å². The SMILES string of the molecule is Cc1ccc(C(F)(F)CNC(=O)c2c(S(=O)(=O)c3cccc(C4CC4)c3F)nnc(Cl)c2C)c(C)c1. The normalized spacial score (nSPS) is 14.1. The number of carbonyl (C=O) groups excluding carboxylic acids is 1. The van der Waals surface area contributed by atoms with Crippen LogP contribution in [-0.2, 0) is 15.8 Å². The molecule has 4 rings (SSSR count). The fourth-order valence-electron chi connectivity index (χ4n) is 4.08. The number of carbonyl (C=O) groups is 1. The Hall–Kier alpha value is -2.98. The Morgan fingerprint density at radius 3 is 2.47 bits per heavy atom. The number of benzene rings is 2. The highest BCUT2D eigenvalue weighted by Gasteiger charge is 2.37. The smallest absolute Gasteiger partial charge is 0.290 e. The van der Waals surface area contributed by atoms with E-state index in [1.165, 1.54) is 38.1 Å². The van der Waals surface area contributed by atoms with Gasteiger partial charge in [0.25, 0.3) is 11.8 Å². The lowest BCUT2D eigenvalue weighted by atomic mass is 10.00. The molecule has 0 atom stereocenters. The summed E-state index contributed by atoms with van der Waals surface area (Å²) in [6, 6.07) is 8.38. The molecule has 3 aromatic rings. The van der Waals surface area contributed by atoms with Crippen LogP contribution in [0.15, 0.2) is 46.3 Å². The highest BCUT2D eigenvalue weighted by molar-refractivity contribution is 7.91. The van der Waals surface area contributed by atoms with E-state index in [2.05, 4.69) is 15.5 Å². The van der Waals surface area contributed by atoms with E-state index < -0.39 is 49.5 Å². The molecule has 1 aromatic heterocycles. The van der Waals surface area contributed by atoms with Crippen LogP contribution < -0.4 is 5.32 Å². The Morgan fingerprint density at radius 2 is 1.83 bits per heavy atom. The summed E-state index contributed by atoms with van der Waals surface area (Å²) in [4.78, 5) is 12.4. The molecule has 1 aliphatic rings. The number of amides is 1. The molecule has 190 valence electrons. The Bertz CT molecular complexity index is 1470. The van der Waals surface area contributed by atoms with Crippen LogP contribution in [0.3, 0.4) is 0 Å². The average molecular weight is 538 g/mol. The highest BCUT2D eigenvalue weighted by Crippen LogP contribution is 2.43. The number of aryl methyl sites for hydroxylation is 2. The Morgan fingerprint density at radius 1 is 1.14 bits per heavy atom. The summed E-state index contributed by atoms with van der Waals surface area (Å²) >= 11 is 5.98. The second kappa shape index (κ2) is 9.48. The molecule has 0 unspecified atom stereocenters. The number of hydrogen-bond donors (Lipinski definition) is 1. The lowest BCUT2D eigenvalue weighted by Crippen LogP contribution is -2.36. The van der Waals surface area contributed by atoms with Crippen LogP contribution in [-0.4, -0.2) is 31.1 Å². The van der Waals surface area contributed by atoms with Gasteiger partial charge in [0, 0.05) is 11.1 Å². The minimum atomic E-state index is -4.69. The standard InChI is InChI=1S/C25H23ClF3N3O3S/c1-13-7-10-18(14(2)11-13)25(28,29)12-30-23(33)20-15(3)22(26)31-32-24(20)36(34,35)19-6-4-5-17(21(19)27)16-8-9-16/h4-7,10-11,16H,8-9,12H2,1-3H3,(H,30,33). The zero-order valence-corrected chi connectivity index (χ0v) is 21.3. The van der Waals surface area contributed by atoms with Gasteiger partial charge < -0.3 is 5.32 Å². The number of hydrogen-bond acceptors (Lipinski definition) is 5. The first-order valence-electron chi connectivity index (χ1n) is 11.1. The van der Waals surface area contributed by atoms with Crippen molar-refractivity contribution in [3.63, 3.8) is 0 Å². The maximum atomic E-state index is 15.2. The van der Waals surface area contributed by atoms with Gasteiger partial charge in [-0.3, -0.25) is 4.79 Å². The van der Waals surface area contributed by atoms with E-state index >= 15 is 4.39 Å². The minimum Gasteiger partial charge on any atom is -0.346 e. The van der Waals surface area contributed by atoms with Crippen molar-refractivity contribution >= 4 is 27.3 Å². The molecule has 0 aliphatic heterocycles. The molecule has 36 heavy (non-hydrogen) atoms. The van der Waals surface area contributed by atoms with Crippen LogP contribution in [0.4, 0.5) is 13.2 Å². The van der Waals surface area contributed by atoms with E-state index in [0.29, 0.717) is 5.56 Å². The highest BCUT2D eigenvalue weighted by atomic mass is 35.5. The molecular formula is C25H23ClF3N3O3S. The van der Waals surface area contributed by atoms with Crippen molar-refractivity contribution < 1.29 is 26.4 Å². The van der Waals surface area contributed by atoms with Crippen molar-refractivity contribution in [3.05, 3.63) is 80.7 Å². The summed E-state index contributed by atoms with van der Waals surface area (Å²) in [6.07, 6.45) is 1.48. The quantitative estimate of drug-likeness (QED) is 0.434. The lowest BCUT2D eigenvalue weighted by Gasteiger charge is -2.20. The maximum Gasteiger partial charge on any atom is 0.290 e. The van der Waals surface area contributed by atoms with E-state index in [0.717, 1.165) is 24.5 Å². The van der Waals surface area contributed by atoms with Crippen molar-refractivity contribution in [1.82, 2.24) is 15.5 Å². The summed E-state index contributed by atoms with van der Waals surface area (Å²) in [6.45, 7) is 3.50. The van der Waals surface area contributed by atoms with Gasteiger partial charge in [0.05, 0.1) is 12.1 Å². The van der Waals surface area contributed by atoms with Gasteiger partial charge in [0.15, 0.2) is 10.2 Å². The Kier molecular flexibility index (Phi) is 6.87. The number of alkyl halides is 2. The van der Waals surface area contributed by atoms with Gasteiger partial charge >= 0.3 is 0 Å². The predicted octanol–water partition coefficient (Wildman–Crippen LogP) is 5.43. The Labute approximate surface area is 211 Å². The molecule has 1 amide bonds. The predicted molar refractivity (Wildman–Crippen MR) is 128 cm³/mol. The summed E-state index contributed by atoms with van der Waals surface area (Å²) in [7, 11) is -4.69. The van der Waals surface area contributed by atoms with Gasteiger partial charge in [-0.1, -0.05) is 47.5 Å². The lowest BCUT2D eigenvalue weighted by molar-refractivity contribution is -0.00312. The molecule has 6 nitrogen and oxygen atoms in total. The molecule has 11 heteroatoms. The largest absolute Gasteiger partial charge is 0.346 e. The zero-order valence-electron chi connectivity index (χ0n) is 19.7. The molecule has 0 radical (unpaired) electrons. The number of sulfone groups is 1. The number of halogens is 4. The van der Waals surface area contributed by atoms with Crippen molar-refractivity contribution in [2.75, 3.05) is 6.54 Å². The van der Waals surface area contributed by atoms with Crippen LogP contribution >= 0.6 is 11.6 Å². The van der Waals surface area contributed by atoms with Crippen molar-refractivity contribution in [2.45, 2.75) is 55.4 Å². The molecule has 1 aliphatic carbocycles. The van der Waals surface area contributed by atoms with Gasteiger partial charge in [-0.05, 0) is 56.7 Å². The molecule has 0 bridgehead atoms. The first kappa shape index (κ1) is 26.1. The average Bonchev–Trinajstić information content (AvgIpc) is 3.64. The minimum absolute atomic E-state index is 0.0755. The number of nitrogens with zero attached hydrogens (tertiary/aromatic N) is 2. The van der Waals surface area contributed by atoms with Gasteiger partial charge in [-0.2, -0.15) is 8.78 Å². The first-order valence-corrected chi connectivity index (χ1v) is 13.0. The molecule has 0 saturated heterocycles. The molecule has 1 N–H and O–H groups in total. The zero-order chi connectivity index (χ0) is 26.4.